The Balaban J connectivity index is 1.26. The molecule has 5 aliphatic rings. The van der Waals surface area contributed by atoms with E-state index in [2.05, 4.69) is 0 Å². The zero-order chi connectivity index (χ0) is 41.1. The molecule has 308 valence electrons. The number of nitrogens with zero attached hydrogens (tertiary/aromatic N) is 1. The molecule has 0 bridgehead atoms. The van der Waals surface area contributed by atoms with E-state index in [9.17, 15) is 19.2 Å². The van der Waals surface area contributed by atoms with Gasteiger partial charge in [-0.1, -0.05) is 48.5 Å². The standard InChI is InChI=1S/C43H47NO14/c1-41(2)50-22-27(54-41)29-32(56-42(3,4)55-29)34-33(57-43(5,6)58-34)30-28(44-36(45)25-20-14-15-21-26(25)37(44)46)31(51-38(47)23-16-10-8-11-17-23)35(40(49-7)53-30)52-39(48)24-18-12-9-13-19-24/h8-21,27-35,40H,22H2,1-7H3/t27-,28-,29-,30+,31+,32+,33+,34+,35-,40-/m1/s1. The van der Waals surface area contributed by atoms with Crippen LogP contribution in [0.1, 0.15) is 83.0 Å². The number of ether oxygens (including phenoxy) is 10. The molecule has 0 spiro atoms. The zero-order valence-corrected chi connectivity index (χ0v) is 33.2. The Kier molecular flexibility index (Phi) is 10.6. The lowest BCUT2D eigenvalue weighted by Gasteiger charge is -2.49. The molecule has 3 aromatic carbocycles. The molecule has 0 unspecified atom stereocenters. The van der Waals surface area contributed by atoms with Gasteiger partial charge in [-0.3, -0.25) is 14.5 Å². The first-order valence-electron chi connectivity index (χ1n) is 19.3. The first kappa shape index (κ1) is 40.2. The first-order chi connectivity index (χ1) is 27.6. The number of methoxy groups -OCH3 is 1. The van der Waals surface area contributed by atoms with Gasteiger partial charge in [0.1, 0.15) is 42.7 Å². The lowest BCUT2D eigenvalue weighted by molar-refractivity contribution is -0.292. The van der Waals surface area contributed by atoms with Crippen molar-refractivity contribution in [2.45, 2.75) is 120 Å². The van der Waals surface area contributed by atoms with Crippen LogP contribution in [0.25, 0.3) is 0 Å². The van der Waals surface area contributed by atoms with Crippen molar-refractivity contribution in [2.75, 3.05) is 13.7 Å². The normalized spacial score (nSPS) is 33.5. The topological polar surface area (TPSA) is 164 Å². The van der Waals surface area contributed by atoms with Crippen molar-refractivity contribution in [1.29, 1.82) is 0 Å². The number of fused-ring (bicyclic) bond motifs is 1. The van der Waals surface area contributed by atoms with Gasteiger partial charge in [0.15, 0.2) is 35.9 Å². The monoisotopic (exact) mass is 801 g/mol. The molecule has 4 saturated heterocycles. The predicted molar refractivity (Wildman–Crippen MR) is 200 cm³/mol. The SMILES string of the molecule is CO[C@@H]1O[C@H]([C@@H]2OC(C)(C)O[C@H]2[C@H]2OC(C)(C)O[C@@H]2[C@H]2COC(C)(C)O2)[C@@H](N2C(=O)c3ccccc3C2=O)[C@H](OC(=O)c2ccccc2)[C@H]1OC(=O)c1ccccc1. The maximum Gasteiger partial charge on any atom is 0.338 e. The van der Waals surface area contributed by atoms with Crippen molar-refractivity contribution in [3.8, 4) is 0 Å². The number of carbonyl (C=O) groups excluding carboxylic acids is 4. The smallest absolute Gasteiger partial charge is 0.338 e. The van der Waals surface area contributed by atoms with Crippen LogP contribution < -0.4 is 0 Å². The van der Waals surface area contributed by atoms with Gasteiger partial charge < -0.3 is 47.4 Å². The fraction of sp³-hybridized carbons (Fsp3) is 0.488. The molecule has 2 amide bonds. The number of hydrogen-bond acceptors (Lipinski definition) is 14. The van der Waals surface area contributed by atoms with E-state index in [1.54, 1.807) is 114 Å². The van der Waals surface area contributed by atoms with Crippen LogP contribution in [0.15, 0.2) is 84.9 Å². The minimum Gasteiger partial charge on any atom is -0.452 e. The number of benzene rings is 3. The number of esters is 2. The third-order valence-corrected chi connectivity index (χ3v) is 10.8. The number of hydrogen-bond donors (Lipinski definition) is 0. The van der Waals surface area contributed by atoms with E-state index >= 15 is 0 Å². The largest absolute Gasteiger partial charge is 0.452 e. The van der Waals surface area contributed by atoms with Gasteiger partial charge in [0.05, 0.1) is 28.9 Å². The van der Waals surface area contributed by atoms with E-state index in [0.717, 1.165) is 4.90 Å². The van der Waals surface area contributed by atoms with E-state index in [0.29, 0.717) is 0 Å². The summed E-state index contributed by atoms with van der Waals surface area (Å²) in [7, 11) is 1.34. The molecule has 8 rings (SSSR count). The van der Waals surface area contributed by atoms with Crippen LogP contribution in [-0.4, -0.2) is 121 Å². The highest BCUT2D eigenvalue weighted by Gasteiger charge is 2.65. The Hall–Kier alpha value is -4.58. The maximum atomic E-state index is 14.5. The Morgan fingerprint density at radius 3 is 1.52 bits per heavy atom. The van der Waals surface area contributed by atoms with Crippen molar-refractivity contribution >= 4 is 23.8 Å². The summed E-state index contributed by atoms with van der Waals surface area (Å²) in [5, 5.41) is 0. The highest BCUT2D eigenvalue weighted by molar-refractivity contribution is 6.21. The highest BCUT2D eigenvalue weighted by Crippen LogP contribution is 2.46. The second-order valence-electron chi connectivity index (χ2n) is 16.2. The summed E-state index contributed by atoms with van der Waals surface area (Å²) in [5.41, 5.74) is 0.604. The van der Waals surface area contributed by atoms with Gasteiger partial charge in [0.25, 0.3) is 11.8 Å². The van der Waals surface area contributed by atoms with Gasteiger partial charge >= 0.3 is 11.9 Å². The summed E-state index contributed by atoms with van der Waals surface area (Å²) < 4.78 is 63.6. The summed E-state index contributed by atoms with van der Waals surface area (Å²) >= 11 is 0. The highest BCUT2D eigenvalue weighted by atomic mass is 16.8. The molecule has 0 aliphatic carbocycles. The maximum absolute atomic E-state index is 14.5. The van der Waals surface area contributed by atoms with E-state index in [-0.39, 0.29) is 28.9 Å². The average Bonchev–Trinajstić information content (AvgIpc) is 3.91. The summed E-state index contributed by atoms with van der Waals surface area (Å²) in [6, 6.07) is 21.2. The molecule has 58 heavy (non-hydrogen) atoms. The molecule has 15 nitrogen and oxygen atoms in total. The molecular weight excluding hydrogens is 754 g/mol. The molecule has 0 N–H and O–H groups in total. The van der Waals surface area contributed by atoms with Crippen LogP contribution >= 0.6 is 0 Å². The minimum absolute atomic E-state index is 0.127. The quantitative estimate of drug-likeness (QED) is 0.217. The number of carbonyl (C=O) groups is 4. The summed E-state index contributed by atoms with van der Waals surface area (Å²) in [5.74, 6) is -6.27. The molecule has 3 aromatic rings. The number of amides is 2. The number of imide groups is 1. The van der Waals surface area contributed by atoms with Crippen molar-refractivity contribution in [2.24, 2.45) is 0 Å². The molecule has 5 heterocycles. The molecule has 0 radical (unpaired) electrons. The summed E-state index contributed by atoms with van der Waals surface area (Å²) in [6.45, 7) is 10.7. The van der Waals surface area contributed by atoms with E-state index in [1.807, 2.05) is 0 Å². The Morgan fingerprint density at radius 2 is 1.03 bits per heavy atom. The average molecular weight is 802 g/mol. The van der Waals surface area contributed by atoms with Crippen LogP contribution in [0.2, 0.25) is 0 Å². The van der Waals surface area contributed by atoms with Crippen molar-refractivity contribution in [3.05, 3.63) is 107 Å². The van der Waals surface area contributed by atoms with Gasteiger partial charge in [-0.15, -0.1) is 0 Å². The van der Waals surface area contributed by atoms with Gasteiger partial charge in [-0.25, -0.2) is 9.59 Å². The molecule has 4 fully saturated rings. The van der Waals surface area contributed by atoms with E-state index in [1.165, 1.54) is 19.2 Å². The van der Waals surface area contributed by atoms with Gasteiger partial charge in [-0.2, -0.15) is 0 Å². The van der Waals surface area contributed by atoms with Crippen LogP contribution in [0.4, 0.5) is 0 Å². The molecule has 5 aliphatic heterocycles. The predicted octanol–water partition coefficient (Wildman–Crippen LogP) is 4.67. The molecular formula is C43H47NO14. The van der Waals surface area contributed by atoms with Crippen LogP contribution in [0, 0.1) is 0 Å². The second kappa shape index (κ2) is 15.2. The van der Waals surface area contributed by atoms with Crippen molar-refractivity contribution < 1.29 is 66.5 Å². The lowest BCUT2D eigenvalue weighted by Crippen LogP contribution is -2.70. The first-order valence-corrected chi connectivity index (χ1v) is 19.3. The van der Waals surface area contributed by atoms with Gasteiger partial charge in [0, 0.05) is 7.11 Å². The van der Waals surface area contributed by atoms with Gasteiger partial charge in [-0.05, 0) is 77.9 Å². The lowest BCUT2D eigenvalue weighted by atomic mass is 9.86. The molecule has 0 saturated carbocycles. The number of rotatable bonds is 9. The van der Waals surface area contributed by atoms with Crippen LogP contribution in [0.3, 0.4) is 0 Å². The van der Waals surface area contributed by atoms with Crippen molar-refractivity contribution in [3.63, 3.8) is 0 Å². The minimum atomic E-state index is -1.58. The Labute approximate surface area is 335 Å². The fourth-order valence-electron chi connectivity index (χ4n) is 8.44. The summed E-state index contributed by atoms with van der Waals surface area (Å²) in [4.78, 5) is 58.0. The van der Waals surface area contributed by atoms with E-state index in [4.69, 9.17) is 47.4 Å². The van der Waals surface area contributed by atoms with Crippen LogP contribution in [0.5, 0.6) is 0 Å². The Bertz CT molecular complexity index is 2000. The van der Waals surface area contributed by atoms with Gasteiger partial charge in [0.2, 0.25) is 0 Å². The third-order valence-electron chi connectivity index (χ3n) is 10.8. The zero-order valence-electron chi connectivity index (χ0n) is 33.2. The summed E-state index contributed by atoms with van der Waals surface area (Å²) in [6.07, 6.45) is -10.3. The van der Waals surface area contributed by atoms with E-state index < -0.39 is 102 Å². The van der Waals surface area contributed by atoms with Crippen molar-refractivity contribution in [1.82, 2.24) is 4.90 Å². The fourth-order valence-corrected chi connectivity index (χ4v) is 8.44. The molecule has 15 heteroatoms. The molecule has 0 aromatic heterocycles. The third kappa shape index (κ3) is 7.57. The molecule has 10 atom stereocenters. The Morgan fingerprint density at radius 1 is 0.586 bits per heavy atom. The second-order valence-corrected chi connectivity index (χ2v) is 16.2. The van der Waals surface area contributed by atoms with Crippen LogP contribution in [-0.2, 0) is 47.4 Å².